The second-order valence-electron chi connectivity index (χ2n) is 8.04. The van der Waals surface area contributed by atoms with Crippen LogP contribution in [0.2, 0.25) is 10.0 Å². The van der Waals surface area contributed by atoms with E-state index in [1.165, 1.54) is 12.1 Å². The highest BCUT2D eigenvalue weighted by molar-refractivity contribution is 6.36. The van der Waals surface area contributed by atoms with Gasteiger partial charge in [-0.2, -0.15) is 0 Å². The fraction of sp³-hybridized carbons (Fsp3) is 0.391. The smallest absolute Gasteiger partial charge is 0.253 e. The van der Waals surface area contributed by atoms with Crippen molar-refractivity contribution in [1.29, 1.82) is 0 Å². The van der Waals surface area contributed by atoms with Gasteiger partial charge in [0.25, 0.3) is 5.91 Å². The molecule has 0 spiro atoms. The molecule has 0 saturated carbocycles. The van der Waals surface area contributed by atoms with Crippen molar-refractivity contribution in [1.82, 2.24) is 10.2 Å². The van der Waals surface area contributed by atoms with Crippen molar-refractivity contribution in [2.24, 2.45) is 5.92 Å². The first-order valence-electron chi connectivity index (χ1n) is 10.3. The average molecular weight is 466 g/mol. The van der Waals surface area contributed by atoms with E-state index in [9.17, 15) is 14.0 Å². The number of piperazine rings is 1. The maximum Gasteiger partial charge on any atom is 0.253 e. The van der Waals surface area contributed by atoms with Crippen molar-refractivity contribution in [2.75, 3.05) is 31.1 Å². The Morgan fingerprint density at radius 3 is 2.35 bits per heavy atom. The van der Waals surface area contributed by atoms with Crippen molar-refractivity contribution in [2.45, 2.75) is 26.3 Å². The zero-order valence-electron chi connectivity index (χ0n) is 17.6. The Morgan fingerprint density at radius 1 is 1.06 bits per heavy atom. The monoisotopic (exact) mass is 465 g/mol. The molecule has 0 aliphatic carbocycles. The molecule has 0 radical (unpaired) electrons. The fourth-order valence-corrected chi connectivity index (χ4v) is 4.19. The van der Waals surface area contributed by atoms with E-state index >= 15 is 0 Å². The van der Waals surface area contributed by atoms with Gasteiger partial charge in [-0.3, -0.25) is 9.59 Å². The highest BCUT2D eigenvalue weighted by Gasteiger charge is 2.30. The number of amides is 2. The van der Waals surface area contributed by atoms with E-state index < -0.39 is 11.9 Å². The zero-order valence-corrected chi connectivity index (χ0v) is 19.1. The van der Waals surface area contributed by atoms with E-state index in [2.05, 4.69) is 5.32 Å². The average Bonchev–Trinajstić information content (AvgIpc) is 2.73. The summed E-state index contributed by atoms with van der Waals surface area (Å²) in [5, 5.41) is 3.51. The molecule has 1 N–H and O–H groups in total. The van der Waals surface area contributed by atoms with Gasteiger partial charge in [-0.05, 0) is 42.7 Å². The van der Waals surface area contributed by atoms with Gasteiger partial charge in [0.15, 0.2) is 0 Å². The molecule has 5 nitrogen and oxygen atoms in total. The Kier molecular flexibility index (Phi) is 7.79. The van der Waals surface area contributed by atoms with Gasteiger partial charge in [-0.15, -0.1) is 0 Å². The molecule has 8 heteroatoms. The number of anilines is 1. The summed E-state index contributed by atoms with van der Waals surface area (Å²) in [6.45, 7) is 5.96. The fourth-order valence-electron chi connectivity index (χ4n) is 3.70. The first-order valence-corrected chi connectivity index (χ1v) is 11.1. The van der Waals surface area contributed by atoms with Crippen molar-refractivity contribution in [3.63, 3.8) is 0 Å². The van der Waals surface area contributed by atoms with Crippen LogP contribution >= 0.6 is 23.2 Å². The lowest BCUT2D eigenvalue weighted by atomic mass is 10.0. The van der Waals surface area contributed by atoms with E-state index in [0.717, 1.165) is 0 Å². The molecule has 31 heavy (non-hydrogen) atoms. The van der Waals surface area contributed by atoms with Gasteiger partial charge in [0.1, 0.15) is 11.9 Å². The minimum absolute atomic E-state index is 0.139. The SMILES string of the molecule is CC(C)CC(NC(=O)c1ccc(Cl)cc1Cl)C(=O)N1CCN(c2ccccc2F)CC1. The highest BCUT2D eigenvalue weighted by atomic mass is 35.5. The molecule has 2 amide bonds. The van der Waals surface area contributed by atoms with Crippen LogP contribution in [0, 0.1) is 11.7 Å². The molecule has 1 unspecified atom stereocenters. The van der Waals surface area contributed by atoms with Crippen LogP contribution in [0.5, 0.6) is 0 Å². The van der Waals surface area contributed by atoms with Crippen LogP contribution in [0.4, 0.5) is 10.1 Å². The van der Waals surface area contributed by atoms with Gasteiger partial charge in [0, 0.05) is 31.2 Å². The molecule has 1 fully saturated rings. The summed E-state index contributed by atoms with van der Waals surface area (Å²) in [5.74, 6) is -0.618. The van der Waals surface area contributed by atoms with Crippen molar-refractivity contribution in [3.05, 3.63) is 63.9 Å². The molecule has 1 atom stereocenters. The van der Waals surface area contributed by atoms with Gasteiger partial charge in [0.2, 0.25) is 5.91 Å². The normalized spacial score (nSPS) is 15.2. The molecule has 2 aromatic carbocycles. The van der Waals surface area contributed by atoms with E-state index in [-0.39, 0.29) is 28.2 Å². The van der Waals surface area contributed by atoms with Gasteiger partial charge in [0.05, 0.1) is 16.3 Å². The summed E-state index contributed by atoms with van der Waals surface area (Å²) in [6.07, 6.45) is 0.503. The van der Waals surface area contributed by atoms with Crippen LogP contribution in [0.25, 0.3) is 0 Å². The number of halogens is 3. The third kappa shape index (κ3) is 5.89. The maximum absolute atomic E-state index is 14.1. The number of para-hydroxylation sites is 1. The van der Waals surface area contributed by atoms with E-state index in [1.54, 1.807) is 35.2 Å². The predicted molar refractivity (Wildman–Crippen MR) is 122 cm³/mol. The number of benzene rings is 2. The lowest BCUT2D eigenvalue weighted by molar-refractivity contribution is -0.134. The number of hydrogen-bond acceptors (Lipinski definition) is 3. The van der Waals surface area contributed by atoms with Crippen LogP contribution in [0.3, 0.4) is 0 Å². The maximum atomic E-state index is 14.1. The quantitative estimate of drug-likeness (QED) is 0.676. The predicted octanol–water partition coefficient (Wildman–Crippen LogP) is 4.63. The third-order valence-electron chi connectivity index (χ3n) is 5.27. The Balaban J connectivity index is 1.67. The molecular weight excluding hydrogens is 440 g/mol. The Hall–Kier alpha value is -2.31. The topological polar surface area (TPSA) is 52.7 Å². The minimum atomic E-state index is -0.667. The minimum Gasteiger partial charge on any atom is -0.366 e. The molecule has 0 aromatic heterocycles. The third-order valence-corrected chi connectivity index (χ3v) is 5.82. The second-order valence-corrected chi connectivity index (χ2v) is 8.89. The Labute approximate surface area is 192 Å². The van der Waals surface area contributed by atoms with Gasteiger partial charge < -0.3 is 15.1 Å². The van der Waals surface area contributed by atoms with Crippen LogP contribution in [-0.2, 0) is 4.79 Å². The molecular formula is C23H26Cl2FN3O2. The summed E-state index contributed by atoms with van der Waals surface area (Å²) in [4.78, 5) is 29.6. The number of nitrogens with one attached hydrogen (secondary N) is 1. The zero-order chi connectivity index (χ0) is 22.5. The van der Waals surface area contributed by atoms with Gasteiger partial charge in [-0.1, -0.05) is 49.2 Å². The van der Waals surface area contributed by atoms with Crippen LogP contribution < -0.4 is 10.2 Å². The number of rotatable bonds is 6. The molecule has 1 aliphatic rings. The summed E-state index contributed by atoms with van der Waals surface area (Å²) < 4.78 is 14.1. The van der Waals surface area contributed by atoms with Crippen molar-refractivity contribution in [3.8, 4) is 0 Å². The molecule has 1 saturated heterocycles. The van der Waals surface area contributed by atoms with E-state index in [4.69, 9.17) is 23.2 Å². The van der Waals surface area contributed by atoms with Crippen molar-refractivity contribution >= 4 is 40.7 Å². The first kappa shape index (κ1) is 23.4. The standard InChI is InChI=1S/C23H26Cl2FN3O2/c1-15(2)13-20(27-22(30)17-8-7-16(24)14-18(17)25)23(31)29-11-9-28(10-12-29)21-6-4-3-5-19(21)26/h3-8,14-15,20H,9-13H2,1-2H3,(H,27,30). The number of nitrogens with zero attached hydrogens (tertiary/aromatic N) is 2. The molecule has 1 aliphatic heterocycles. The Bertz CT molecular complexity index is 946. The van der Waals surface area contributed by atoms with E-state index in [1.807, 2.05) is 18.7 Å². The summed E-state index contributed by atoms with van der Waals surface area (Å²) >= 11 is 12.1. The summed E-state index contributed by atoms with van der Waals surface area (Å²) in [7, 11) is 0. The number of carbonyl (C=O) groups is 2. The number of carbonyl (C=O) groups excluding carboxylic acids is 2. The number of hydrogen-bond donors (Lipinski definition) is 1. The molecule has 166 valence electrons. The lowest BCUT2D eigenvalue weighted by Gasteiger charge is -2.38. The van der Waals surface area contributed by atoms with Crippen LogP contribution in [0.15, 0.2) is 42.5 Å². The second kappa shape index (κ2) is 10.3. The highest BCUT2D eigenvalue weighted by Crippen LogP contribution is 2.23. The van der Waals surface area contributed by atoms with Crippen molar-refractivity contribution < 1.29 is 14.0 Å². The van der Waals surface area contributed by atoms with E-state index in [0.29, 0.717) is 43.3 Å². The van der Waals surface area contributed by atoms with Crippen LogP contribution in [-0.4, -0.2) is 48.9 Å². The molecule has 2 aromatic rings. The summed E-state index contributed by atoms with van der Waals surface area (Å²) in [5.41, 5.74) is 0.816. The van der Waals surface area contributed by atoms with Gasteiger partial charge in [-0.25, -0.2) is 4.39 Å². The first-order chi connectivity index (χ1) is 14.8. The largest absolute Gasteiger partial charge is 0.366 e. The van der Waals surface area contributed by atoms with Crippen LogP contribution in [0.1, 0.15) is 30.6 Å². The molecule has 3 rings (SSSR count). The van der Waals surface area contributed by atoms with Gasteiger partial charge >= 0.3 is 0 Å². The lowest BCUT2D eigenvalue weighted by Crippen LogP contribution is -2.55. The Morgan fingerprint density at radius 2 is 1.74 bits per heavy atom. The summed E-state index contributed by atoms with van der Waals surface area (Å²) in [6, 6.07) is 10.6. The molecule has 1 heterocycles. The molecule has 0 bridgehead atoms.